The monoisotopic (exact) mass is 247 g/mol. The van der Waals surface area contributed by atoms with Crippen molar-refractivity contribution >= 4 is 0 Å². The maximum atomic E-state index is 9.37. The molecule has 2 atom stereocenters. The quantitative estimate of drug-likeness (QED) is 0.851. The van der Waals surface area contributed by atoms with Crippen molar-refractivity contribution in [3.8, 4) is 5.75 Å². The molecule has 0 aromatic heterocycles. The summed E-state index contributed by atoms with van der Waals surface area (Å²) in [5, 5.41) is 9.37. The smallest absolute Gasteiger partial charge is 0.115 e. The van der Waals surface area contributed by atoms with Crippen molar-refractivity contribution in [3.05, 3.63) is 29.8 Å². The van der Waals surface area contributed by atoms with E-state index in [1.54, 1.807) is 12.1 Å². The first-order valence-corrected chi connectivity index (χ1v) is 7.27. The molecule has 1 heterocycles. The topological polar surface area (TPSA) is 23.5 Å². The van der Waals surface area contributed by atoms with Gasteiger partial charge in [0.1, 0.15) is 5.75 Å². The molecule has 0 aliphatic carbocycles. The van der Waals surface area contributed by atoms with Gasteiger partial charge in [-0.05, 0) is 49.4 Å². The summed E-state index contributed by atoms with van der Waals surface area (Å²) in [6.07, 6.45) is 5.16. The minimum absolute atomic E-state index is 0.360. The van der Waals surface area contributed by atoms with Crippen molar-refractivity contribution in [1.29, 1.82) is 0 Å². The van der Waals surface area contributed by atoms with Gasteiger partial charge in [-0.2, -0.15) is 0 Å². The summed E-state index contributed by atoms with van der Waals surface area (Å²) in [6, 6.07) is 8.26. The molecule has 0 radical (unpaired) electrons. The van der Waals surface area contributed by atoms with Crippen LogP contribution in [-0.4, -0.2) is 23.1 Å². The highest BCUT2D eigenvalue weighted by Gasteiger charge is 2.27. The van der Waals surface area contributed by atoms with Crippen LogP contribution in [0.4, 0.5) is 0 Å². The van der Waals surface area contributed by atoms with Gasteiger partial charge in [-0.3, -0.25) is 4.90 Å². The van der Waals surface area contributed by atoms with Crippen LogP contribution in [0.15, 0.2) is 24.3 Å². The number of phenolic OH excluding ortho intramolecular Hbond substituents is 1. The summed E-state index contributed by atoms with van der Waals surface area (Å²) in [7, 11) is 0. The van der Waals surface area contributed by atoms with Crippen molar-refractivity contribution < 1.29 is 5.11 Å². The van der Waals surface area contributed by atoms with Crippen LogP contribution in [0.2, 0.25) is 0 Å². The molecule has 1 aromatic rings. The fraction of sp³-hybridized carbons (Fsp3) is 0.625. The summed E-state index contributed by atoms with van der Waals surface area (Å²) < 4.78 is 0. The van der Waals surface area contributed by atoms with Crippen LogP contribution >= 0.6 is 0 Å². The lowest BCUT2D eigenvalue weighted by molar-refractivity contribution is 0.228. The normalized spacial score (nSPS) is 22.2. The Kier molecular flexibility index (Phi) is 4.65. The predicted molar refractivity (Wildman–Crippen MR) is 75.7 cm³/mol. The lowest BCUT2D eigenvalue weighted by atomic mass is 10.0. The second kappa shape index (κ2) is 6.24. The van der Waals surface area contributed by atoms with Gasteiger partial charge in [0.05, 0.1) is 0 Å². The molecule has 1 aliphatic heterocycles. The molecule has 18 heavy (non-hydrogen) atoms. The van der Waals surface area contributed by atoms with Crippen LogP contribution in [0.25, 0.3) is 0 Å². The van der Waals surface area contributed by atoms with Gasteiger partial charge in [-0.15, -0.1) is 0 Å². The third kappa shape index (κ3) is 3.05. The van der Waals surface area contributed by atoms with Gasteiger partial charge < -0.3 is 5.11 Å². The summed E-state index contributed by atoms with van der Waals surface area (Å²) in [5.74, 6) is 1.25. The van der Waals surface area contributed by atoms with E-state index in [9.17, 15) is 5.11 Å². The lowest BCUT2D eigenvalue weighted by Crippen LogP contribution is -2.26. The van der Waals surface area contributed by atoms with Crippen LogP contribution in [0, 0.1) is 5.92 Å². The summed E-state index contributed by atoms with van der Waals surface area (Å²) in [6.45, 7) is 7.00. The fourth-order valence-corrected chi connectivity index (χ4v) is 3.19. The van der Waals surface area contributed by atoms with Crippen molar-refractivity contribution in [2.75, 3.05) is 13.1 Å². The molecular weight excluding hydrogens is 222 g/mol. The molecule has 100 valence electrons. The van der Waals surface area contributed by atoms with Gasteiger partial charge in [-0.1, -0.05) is 32.4 Å². The first kappa shape index (κ1) is 13.4. The van der Waals surface area contributed by atoms with Gasteiger partial charge in [0.25, 0.3) is 0 Å². The maximum Gasteiger partial charge on any atom is 0.115 e. The van der Waals surface area contributed by atoms with E-state index in [1.165, 1.54) is 37.9 Å². The zero-order valence-corrected chi connectivity index (χ0v) is 11.6. The van der Waals surface area contributed by atoms with Crippen LogP contribution in [0.1, 0.15) is 51.1 Å². The van der Waals surface area contributed by atoms with Crippen molar-refractivity contribution in [1.82, 2.24) is 4.90 Å². The molecule has 0 bridgehead atoms. The minimum Gasteiger partial charge on any atom is -0.508 e. The zero-order chi connectivity index (χ0) is 13.0. The SMILES string of the molecule is CCCC1CCN(C(CC)c2ccc(O)cc2)C1. The van der Waals surface area contributed by atoms with Gasteiger partial charge in [0, 0.05) is 12.6 Å². The number of benzene rings is 1. The number of hydrogen-bond acceptors (Lipinski definition) is 2. The maximum absolute atomic E-state index is 9.37. The average Bonchev–Trinajstić information content (AvgIpc) is 2.82. The first-order chi connectivity index (χ1) is 8.74. The molecule has 2 nitrogen and oxygen atoms in total. The highest BCUT2D eigenvalue weighted by Crippen LogP contribution is 2.32. The molecule has 0 amide bonds. The molecule has 1 N–H and O–H groups in total. The van der Waals surface area contributed by atoms with Crippen LogP contribution in [0.3, 0.4) is 0 Å². The Hall–Kier alpha value is -1.02. The van der Waals surface area contributed by atoms with E-state index in [0.29, 0.717) is 11.8 Å². The largest absolute Gasteiger partial charge is 0.508 e. The summed E-state index contributed by atoms with van der Waals surface area (Å²) in [5.41, 5.74) is 1.34. The molecule has 2 heteroatoms. The molecule has 1 saturated heterocycles. The van der Waals surface area contributed by atoms with E-state index in [1.807, 2.05) is 0 Å². The van der Waals surface area contributed by atoms with Crippen molar-refractivity contribution in [2.45, 2.75) is 45.6 Å². The lowest BCUT2D eigenvalue weighted by Gasteiger charge is -2.27. The van der Waals surface area contributed by atoms with Crippen molar-refractivity contribution in [3.63, 3.8) is 0 Å². The summed E-state index contributed by atoms with van der Waals surface area (Å²) in [4.78, 5) is 2.62. The second-order valence-electron chi connectivity index (χ2n) is 5.45. The first-order valence-electron chi connectivity index (χ1n) is 7.27. The Morgan fingerprint density at radius 3 is 2.61 bits per heavy atom. The number of phenols is 1. The molecule has 2 unspecified atom stereocenters. The number of likely N-dealkylation sites (tertiary alicyclic amines) is 1. The predicted octanol–water partition coefficient (Wildman–Crippen LogP) is 3.97. The Morgan fingerprint density at radius 1 is 1.28 bits per heavy atom. The van der Waals surface area contributed by atoms with Gasteiger partial charge in [0.2, 0.25) is 0 Å². The van der Waals surface area contributed by atoms with E-state index in [2.05, 4.69) is 30.9 Å². The Morgan fingerprint density at radius 2 is 2.00 bits per heavy atom. The van der Waals surface area contributed by atoms with Crippen molar-refractivity contribution in [2.24, 2.45) is 5.92 Å². The molecule has 1 aliphatic rings. The number of aromatic hydroxyl groups is 1. The molecular formula is C16H25NO. The third-order valence-electron chi connectivity index (χ3n) is 4.12. The molecule has 0 spiro atoms. The molecule has 2 rings (SSSR count). The highest BCUT2D eigenvalue weighted by atomic mass is 16.3. The number of rotatable bonds is 5. The summed E-state index contributed by atoms with van der Waals surface area (Å²) >= 11 is 0. The Balaban J connectivity index is 2.03. The zero-order valence-electron chi connectivity index (χ0n) is 11.6. The molecule has 0 saturated carbocycles. The molecule has 1 fully saturated rings. The van der Waals surface area contributed by atoms with Crippen LogP contribution < -0.4 is 0 Å². The van der Waals surface area contributed by atoms with Gasteiger partial charge in [0.15, 0.2) is 0 Å². The van der Waals surface area contributed by atoms with Crippen LogP contribution in [0.5, 0.6) is 5.75 Å². The van der Waals surface area contributed by atoms with E-state index >= 15 is 0 Å². The number of nitrogens with zero attached hydrogens (tertiary/aromatic N) is 1. The van der Waals surface area contributed by atoms with E-state index in [-0.39, 0.29) is 0 Å². The second-order valence-corrected chi connectivity index (χ2v) is 5.45. The average molecular weight is 247 g/mol. The Bertz CT molecular complexity index is 360. The van der Waals surface area contributed by atoms with E-state index in [0.717, 1.165) is 12.3 Å². The number of hydrogen-bond donors (Lipinski definition) is 1. The minimum atomic E-state index is 0.360. The standard InChI is InChI=1S/C16H25NO/c1-3-5-13-10-11-17(12-13)16(4-2)14-6-8-15(18)9-7-14/h6-9,13,16,18H,3-5,10-12H2,1-2H3. The van der Waals surface area contributed by atoms with Gasteiger partial charge >= 0.3 is 0 Å². The highest BCUT2D eigenvalue weighted by molar-refractivity contribution is 5.28. The Labute approximate surface area is 111 Å². The molecule has 1 aromatic carbocycles. The third-order valence-corrected chi connectivity index (χ3v) is 4.12. The van der Waals surface area contributed by atoms with E-state index in [4.69, 9.17) is 0 Å². The van der Waals surface area contributed by atoms with Crippen LogP contribution in [-0.2, 0) is 0 Å². The fourth-order valence-electron chi connectivity index (χ4n) is 3.19. The van der Waals surface area contributed by atoms with Gasteiger partial charge in [-0.25, -0.2) is 0 Å². The van der Waals surface area contributed by atoms with E-state index < -0.39 is 0 Å².